The van der Waals surface area contributed by atoms with Crippen molar-refractivity contribution >= 4 is 34.4 Å². The number of rotatable bonds is 2. The van der Waals surface area contributed by atoms with Gasteiger partial charge < -0.3 is 4.90 Å². The first kappa shape index (κ1) is 14.6. The minimum atomic E-state index is -0.198. The average Bonchev–Trinajstić information content (AvgIpc) is 2.52. The number of thioether (sulfide) groups is 1. The van der Waals surface area contributed by atoms with Crippen molar-refractivity contribution in [2.75, 3.05) is 19.0 Å². The van der Waals surface area contributed by atoms with Crippen molar-refractivity contribution < 1.29 is 9.59 Å². The molecular weight excluding hydrogens is 294 g/mol. The van der Waals surface area contributed by atoms with Gasteiger partial charge in [0.05, 0.1) is 5.57 Å². The number of carbonyl (C=O) groups is 2. The molecule has 1 aliphatic heterocycles. The van der Waals surface area contributed by atoms with Crippen LogP contribution in [-0.4, -0.2) is 25.0 Å². The Morgan fingerprint density at radius 1 is 0.955 bits per heavy atom. The number of Topliss-reactive ketones (excluding diaryl/α,β-unsaturated/α-hetero) is 1. The molecule has 1 aliphatic rings. The molecular formula is C18H15NO2S. The molecule has 0 aromatic heterocycles. The highest BCUT2D eigenvalue weighted by molar-refractivity contribution is 8.14. The monoisotopic (exact) mass is 309 g/mol. The smallest absolute Gasteiger partial charge is 0.228 e. The van der Waals surface area contributed by atoms with Gasteiger partial charge in [0.2, 0.25) is 5.12 Å². The average molecular weight is 309 g/mol. The molecule has 2 aromatic carbocycles. The Kier molecular flexibility index (Phi) is 3.86. The Morgan fingerprint density at radius 3 is 2.32 bits per heavy atom. The highest BCUT2D eigenvalue weighted by Gasteiger charge is 2.28. The van der Waals surface area contributed by atoms with E-state index in [1.54, 1.807) is 18.2 Å². The quantitative estimate of drug-likeness (QED) is 0.627. The summed E-state index contributed by atoms with van der Waals surface area (Å²) in [6, 6.07) is 15.0. The van der Waals surface area contributed by atoms with Crippen LogP contribution < -0.4 is 4.90 Å². The first-order valence-corrected chi connectivity index (χ1v) is 7.73. The van der Waals surface area contributed by atoms with Crippen LogP contribution in [0.15, 0.2) is 59.0 Å². The molecule has 0 unspecified atom stereocenters. The zero-order valence-corrected chi connectivity index (χ0v) is 13.2. The number of hydrogen-bond acceptors (Lipinski definition) is 4. The molecule has 0 amide bonds. The normalized spacial score (nSPS) is 15.8. The van der Waals surface area contributed by atoms with Crippen molar-refractivity contribution in [3.8, 4) is 0 Å². The molecule has 2 aromatic rings. The molecule has 0 saturated heterocycles. The molecule has 0 saturated carbocycles. The van der Waals surface area contributed by atoms with Crippen LogP contribution in [0.1, 0.15) is 15.9 Å². The maximum Gasteiger partial charge on any atom is 0.228 e. The van der Waals surface area contributed by atoms with Crippen molar-refractivity contribution in [1.82, 2.24) is 0 Å². The van der Waals surface area contributed by atoms with E-state index in [9.17, 15) is 9.59 Å². The van der Waals surface area contributed by atoms with E-state index in [2.05, 4.69) is 0 Å². The van der Waals surface area contributed by atoms with Gasteiger partial charge in [-0.1, -0.05) is 24.3 Å². The molecule has 110 valence electrons. The fourth-order valence-corrected chi connectivity index (χ4v) is 3.17. The van der Waals surface area contributed by atoms with E-state index in [1.165, 1.54) is 0 Å². The maximum atomic E-state index is 12.5. The molecule has 0 N–H and O–H groups in total. The number of benzene rings is 2. The van der Waals surface area contributed by atoms with Gasteiger partial charge in [0.15, 0.2) is 5.78 Å². The third-order valence-electron chi connectivity index (χ3n) is 3.52. The summed E-state index contributed by atoms with van der Waals surface area (Å²) >= 11 is 1.11. The van der Waals surface area contributed by atoms with Crippen molar-refractivity contribution in [3.63, 3.8) is 0 Å². The lowest BCUT2D eigenvalue weighted by molar-refractivity contribution is -0.107. The first-order valence-electron chi connectivity index (χ1n) is 6.91. The summed E-state index contributed by atoms with van der Waals surface area (Å²) in [5.74, 6) is -0.198. The summed E-state index contributed by atoms with van der Waals surface area (Å²) < 4.78 is 0. The molecule has 0 radical (unpaired) electrons. The molecule has 4 heteroatoms. The molecule has 3 nitrogen and oxygen atoms in total. The van der Waals surface area contributed by atoms with Gasteiger partial charge in [-0.2, -0.15) is 0 Å². The maximum absolute atomic E-state index is 12.5. The van der Waals surface area contributed by atoms with Crippen LogP contribution in [0.5, 0.6) is 0 Å². The van der Waals surface area contributed by atoms with E-state index in [-0.39, 0.29) is 16.5 Å². The summed E-state index contributed by atoms with van der Waals surface area (Å²) in [5.41, 5.74) is 2.76. The summed E-state index contributed by atoms with van der Waals surface area (Å²) in [5, 5.41) is -0.194. The van der Waals surface area contributed by atoms with Gasteiger partial charge in [0.25, 0.3) is 0 Å². The summed E-state index contributed by atoms with van der Waals surface area (Å²) in [6.07, 6.45) is 1.67. The molecule has 0 aliphatic carbocycles. The number of anilines is 1. The first-order chi connectivity index (χ1) is 10.6. The van der Waals surface area contributed by atoms with E-state index < -0.39 is 0 Å². The Labute approximate surface area is 133 Å². The Hall–Kier alpha value is -2.33. The van der Waals surface area contributed by atoms with E-state index in [0.29, 0.717) is 5.56 Å². The second kappa shape index (κ2) is 5.81. The highest BCUT2D eigenvalue weighted by Crippen LogP contribution is 2.34. The summed E-state index contributed by atoms with van der Waals surface area (Å²) in [7, 11) is 3.93. The second-order valence-electron chi connectivity index (χ2n) is 5.26. The molecule has 0 spiro atoms. The van der Waals surface area contributed by atoms with Gasteiger partial charge in [-0.3, -0.25) is 9.59 Å². The predicted molar refractivity (Wildman–Crippen MR) is 90.4 cm³/mol. The van der Waals surface area contributed by atoms with Crippen LogP contribution in [0.4, 0.5) is 5.69 Å². The van der Waals surface area contributed by atoms with E-state index >= 15 is 0 Å². The third-order valence-corrected chi connectivity index (χ3v) is 4.50. The highest BCUT2D eigenvalue weighted by atomic mass is 32.2. The van der Waals surface area contributed by atoms with Crippen molar-refractivity contribution in [1.29, 1.82) is 0 Å². The summed E-state index contributed by atoms with van der Waals surface area (Å²) in [6.45, 7) is 0. The largest absolute Gasteiger partial charge is 0.378 e. The van der Waals surface area contributed by atoms with Crippen molar-refractivity contribution in [2.24, 2.45) is 0 Å². The number of hydrogen-bond donors (Lipinski definition) is 0. The van der Waals surface area contributed by atoms with Crippen LogP contribution in [0.25, 0.3) is 6.08 Å². The van der Waals surface area contributed by atoms with Crippen LogP contribution in [-0.2, 0) is 4.79 Å². The number of nitrogens with zero attached hydrogens (tertiary/aromatic N) is 1. The minimum Gasteiger partial charge on any atom is -0.378 e. The lowest BCUT2D eigenvalue weighted by atomic mass is 10.0. The van der Waals surface area contributed by atoms with E-state index in [1.807, 2.05) is 55.4 Å². The lowest BCUT2D eigenvalue weighted by Gasteiger charge is -2.15. The fraction of sp³-hybridized carbons (Fsp3) is 0.111. The Morgan fingerprint density at radius 2 is 1.64 bits per heavy atom. The second-order valence-corrected chi connectivity index (χ2v) is 6.27. The molecule has 1 heterocycles. The topological polar surface area (TPSA) is 37.4 Å². The standard InChI is InChI=1S/C18H15NO2S/c1-19(2)13-9-7-12(8-10-13)11-15-17(20)14-5-3-4-6-16(14)22-18(15)21/h3-11H,1-2H3/b15-11-. The molecule has 0 bridgehead atoms. The lowest BCUT2D eigenvalue weighted by Crippen LogP contribution is -2.16. The minimum absolute atomic E-state index is 0.194. The van der Waals surface area contributed by atoms with Crippen molar-refractivity contribution in [3.05, 3.63) is 65.2 Å². The van der Waals surface area contributed by atoms with Crippen molar-refractivity contribution in [2.45, 2.75) is 4.90 Å². The number of carbonyl (C=O) groups excluding carboxylic acids is 2. The zero-order valence-electron chi connectivity index (χ0n) is 12.4. The van der Waals surface area contributed by atoms with Gasteiger partial charge in [-0.25, -0.2) is 0 Å². The predicted octanol–water partition coefficient (Wildman–Crippen LogP) is 3.65. The van der Waals surface area contributed by atoms with Gasteiger partial charge in [-0.15, -0.1) is 0 Å². The van der Waals surface area contributed by atoms with Crippen LogP contribution >= 0.6 is 11.8 Å². The molecule has 0 fully saturated rings. The van der Waals surface area contributed by atoms with Crippen LogP contribution in [0.3, 0.4) is 0 Å². The van der Waals surface area contributed by atoms with Gasteiger partial charge in [-0.05, 0) is 47.7 Å². The zero-order chi connectivity index (χ0) is 15.7. The molecule has 0 atom stereocenters. The van der Waals surface area contributed by atoms with E-state index in [0.717, 1.165) is 27.9 Å². The van der Waals surface area contributed by atoms with Crippen LogP contribution in [0, 0.1) is 0 Å². The van der Waals surface area contributed by atoms with Crippen LogP contribution in [0.2, 0.25) is 0 Å². The van der Waals surface area contributed by atoms with Gasteiger partial charge >= 0.3 is 0 Å². The van der Waals surface area contributed by atoms with Gasteiger partial charge in [0.1, 0.15) is 0 Å². The summed E-state index contributed by atoms with van der Waals surface area (Å²) in [4.78, 5) is 27.4. The fourth-order valence-electron chi connectivity index (χ4n) is 2.30. The Balaban J connectivity index is 1.97. The Bertz CT molecular complexity index is 776. The number of ketones is 1. The SMILES string of the molecule is CN(C)c1ccc(/C=C2\C(=O)Sc3ccccc3C2=O)cc1. The number of fused-ring (bicyclic) bond motifs is 1. The molecule has 22 heavy (non-hydrogen) atoms. The third kappa shape index (κ3) is 2.70. The van der Waals surface area contributed by atoms with E-state index in [4.69, 9.17) is 0 Å². The van der Waals surface area contributed by atoms with Gasteiger partial charge in [0, 0.05) is 30.2 Å². The molecule has 3 rings (SSSR count).